The van der Waals surface area contributed by atoms with Crippen LogP contribution in [-0.2, 0) is 0 Å². The minimum absolute atomic E-state index is 0.0175. The quantitative estimate of drug-likeness (QED) is 0.807. The van der Waals surface area contributed by atoms with Gasteiger partial charge in [-0.25, -0.2) is 0 Å². The Bertz CT molecular complexity index is 469. The van der Waals surface area contributed by atoms with E-state index < -0.39 is 0 Å². The monoisotopic (exact) mass is 374 g/mol. The molecule has 1 aromatic carbocycles. The average Bonchev–Trinajstić information content (AvgIpc) is 2.41. The molecule has 1 aliphatic rings. The topological polar surface area (TPSA) is 43.8 Å². The number of hydrogen-bond donors (Lipinski definition) is 1. The number of hydrogen-bond acceptors (Lipinski definition) is 3. The fraction of sp³-hybridized carbons (Fsp3) is 0.500. The molecular weight excluding hydrogens is 355 g/mol. The summed E-state index contributed by atoms with van der Waals surface area (Å²) in [6.07, 6.45) is 2.02. The summed E-state index contributed by atoms with van der Waals surface area (Å²) in [7, 11) is 4.17. The fourth-order valence-electron chi connectivity index (χ4n) is 2.41. The Balaban J connectivity index is 2.03. The Labute approximate surface area is 127 Å². The van der Waals surface area contributed by atoms with E-state index in [0.717, 1.165) is 29.5 Å². The maximum absolute atomic E-state index is 12.3. The van der Waals surface area contributed by atoms with Crippen LogP contribution in [0.5, 0.6) is 5.75 Å². The third-order valence-electron chi connectivity index (χ3n) is 3.68. The standard InChI is InChI=1S/C14H19IN2O2/c1-16(2)11-5-7-17(8-6-11)14(19)10-3-4-12(15)13(18)9-10/h3-4,9,11,18H,5-8H2,1-2H3. The molecule has 19 heavy (non-hydrogen) atoms. The minimum atomic E-state index is 0.0175. The number of benzene rings is 1. The van der Waals surface area contributed by atoms with Gasteiger partial charge in [0, 0.05) is 24.7 Å². The van der Waals surface area contributed by atoms with Gasteiger partial charge in [0.2, 0.25) is 0 Å². The number of aromatic hydroxyl groups is 1. The Morgan fingerprint density at radius 2 is 2.00 bits per heavy atom. The van der Waals surface area contributed by atoms with E-state index in [1.165, 1.54) is 0 Å². The first-order valence-electron chi connectivity index (χ1n) is 6.43. The molecule has 2 rings (SSSR count). The zero-order valence-corrected chi connectivity index (χ0v) is 13.4. The summed E-state index contributed by atoms with van der Waals surface area (Å²) in [6, 6.07) is 5.67. The van der Waals surface area contributed by atoms with E-state index >= 15 is 0 Å². The van der Waals surface area contributed by atoms with Crippen molar-refractivity contribution in [1.29, 1.82) is 0 Å². The second kappa shape index (κ2) is 6.09. The molecule has 0 aliphatic carbocycles. The lowest BCUT2D eigenvalue weighted by molar-refractivity contribution is 0.0663. The molecule has 0 radical (unpaired) electrons. The number of halogens is 1. The zero-order chi connectivity index (χ0) is 14.0. The molecule has 1 amide bonds. The van der Waals surface area contributed by atoms with Crippen LogP contribution < -0.4 is 0 Å². The van der Waals surface area contributed by atoms with Crippen molar-refractivity contribution in [2.45, 2.75) is 18.9 Å². The number of amides is 1. The van der Waals surface area contributed by atoms with Crippen LogP contribution in [0.4, 0.5) is 0 Å². The van der Waals surface area contributed by atoms with Gasteiger partial charge in [0.1, 0.15) is 5.75 Å². The van der Waals surface area contributed by atoms with Gasteiger partial charge in [-0.15, -0.1) is 0 Å². The highest BCUT2D eigenvalue weighted by molar-refractivity contribution is 14.1. The second-order valence-electron chi connectivity index (χ2n) is 5.15. The lowest BCUT2D eigenvalue weighted by Crippen LogP contribution is -2.44. The van der Waals surface area contributed by atoms with Gasteiger partial charge in [-0.2, -0.15) is 0 Å². The third-order valence-corrected chi connectivity index (χ3v) is 4.59. The predicted molar refractivity (Wildman–Crippen MR) is 83.4 cm³/mol. The van der Waals surface area contributed by atoms with Gasteiger partial charge < -0.3 is 14.9 Å². The van der Waals surface area contributed by atoms with Crippen molar-refractivity contribution in [3.05, 3.63) is 27.3 Å². The minimum Gasteiger partial charge on any atom is -0.507 e. The lowest BCUT2D eigenvalue weighted by Gasteiger charge is -2.35. The number of piperidine rings is 1. The number of phenols is 1. The van der Waals surface area contributed by atoms with Crippen LogP contribution >= 0.6 is 22.6 Å². The third kappa shape index (κ3) is 3.39. The Morgan fingerprint density at radius 3 is 2.53 bits per heavy atom. The average molecular weight is 374 g/mol. The number of rotatable bonds is 2. The van der Waals surface area contributed by atoms with Crippen LogP contribution in [0.25, 0.3) is 0 Å². The zero-order valence-electron chi connectivity index (χ0n) is 11.3. The molecule has 5 heteroatoms. The number of likely N-dealkylation sites (tertiary alicyclic amines) is 1. The van der Waals surface area contributed by atoms with Gasteiger partial charge in [0.15, 0.2) is 0 Å². The predicted octanol–water partition coefficient (Wildman–Crippen LogP) is 2.16. The summed E-state index contributed by atoms with van der Waals surface area (Å²) in [6.45, 7) is 1.57. The molecule has 0 atom stereocenters. The van der Waals surface area contributed by atoms with Gasteiger partial charge in [-0.3, -0.25) is 4.79 Å². The molecule has 1 aromatic rings. The summed E-state index contributed by atoms with van der Waals surface area (Å²) in [5, 5.41) is 9.68. The van der Waals surface area contributed by atoms with Crippen molar-refractivity contribution < 1.29 is 9.90 Å². The summed E-state index contributed by atoms with van der Waals surface area (Å²) in [5.41, 5.74) is 0.571. The number of carbonyl (C=O) groups excluding carboxylic acids is 1. The highest BCUT2D eigenvalue weighted by atomic mass is 127. The van der Waals surface area contributed by atoms with Crippen LogP contribution in [0.15, 0.2) is 18.2 Å². The van der Waals surface area contributed by atoms with Crippen molar-refractivity contribution in [3.8, 4) is 5.75 Å². The number of nitrogens with zero attached hydrogens (tertiary/aromatic N) is 2. The van der Waals surface area contributed by atoms with Crippen LogP contribution in [0.1, 0.15) is 23.2 Å². The molecule has 1 N–H and O–H groups in total. The van der Waals surface area contributed by atoms with Crippen LogP contribution in [-0.4, -0.2) is 54.0 Å². The number of phenolic OH excluding ortho intramolecular Hbond substituents is 1. The maximum atomic E-state index is 12.3. The lowest BCUT2D eigenvalue weighted by atomic mass is 10.0. The smallest absolute Gasteiger partial charge is 0.253 e. The first-order valence-corrected chi connectivity index (χ1v) is 7.51. The highest BCUT2D eigenvalue weighted by Gasteiger charge is 2.24. The van der Waals surface area contributed by atoms with Crippen molar-refractivity contribution >= 4 is 28.5 Å². The van der Waals surface area contributed by atoms with E-state index in [4.69, 9.17) is 0 Å². The SMILES string of the molecule is CN(C)C1CCN(C(=O)c2ccc(I)c(O)c2)CC1. The number of carbonyl (C=O) groups is 1. The molecule has 1 fully saturated rings. The molecule has 0 aromatic heterocycles. The Kier molecular flexibility index (Phi) is 4.67. The van der Waals surface area contributed by atoms with E-state index in [1.54, 1.807) is 18.2 Å². The molecule has 4 nitrogen and oxygen atoms in total. The van der Waals surface area contributed by atoms with Crippen molar-refractivity contribution in [2.24, 2.45) is 0 Å². The molecule has 0 unspecified atom stereocenters. The molecule has 0 bridgehead atoms. The van der Waals surface area contributed by atoms with Crippen molar-refractivity contribution in [3.63, 3.8) is 0 Å². The maximum Gasteiger partial charge on any atom is 0.253 e. The first kappa shape index (κ1) is 14.6. The molecule has 0 spiro atoms. The summed E-state index contributed by atoms with van der Waals surface area (Å²) in [4.78, 5) is 16.4. The summed E-state index contributed by atoms with van der Waals surface area (Å²) >= 11 is 2.05. The second-order valence-corrected chi connectivity index (χ2v) is 6.32. The van der Waals surface area contributed by atoms with Crippen molar-refractivity contribution in [1.82, 2.24) is 9.80 Å². The molecular formula is C14H19IN2O2. The first-order chi connectivity index (χ1) is 8.99. The van der Waals surface area contributed by atoms with Gasteiger partial charge in [-0.1, -0.05) is 0 Å². The van der Waals surface area contributed by atoms with Crippen LogP contribution in [0, 0.1) is 3.57 Å². The molecule has 1 heterocycles. The normalized spacial score (nSPS) is 16.9. The molecule has 1 saturated heterocycles. The molecule has 104 valence electrons. The van der Waals surface area contributed by atoms with Gasteiger partial charge >= 0.3 is 0 Å². The summed E-state index contributed by atoms with van der Waals surface area (Å²) < 4.78 is 0.764. The van der Waals surface area contributed by atoms with Crippen molar-refractivity contribution in [2.75, 3.05) is 27.2 Å². The van der Waals surface area contributed by atoms with E-state index in [2.05, 4.69) is 19.0 Å². The highest BCUT2D eigenvalue weighted by Crippen LogP contribution is 2.22. The van der Waals surface area contributed by atoms with Gasteiger partial charge in [0.05, 0.1) is 3.57 Å². The van der Waals surface area contributed by atoms with E-state index in [-0.39, 0.29) is 11.7 Å². The van der Waals surface area contributed by atoms with E-state index in [1.807, 2.05) is 27.5 Å². The largest absolute Gasteiger partial charge is 0.507 e. The molecule has 1 aliphatic heterocycles. The molecule has 0 saturated carbocycles. The Morgan fingerprint density at radius 1 is 1.37 bits per heavy atom. The van der Waals surface area contributed by atoms with Gasteiger partial charge in [-0.05, 0) is 67.7 Å². The van der Waals surface area contributed by atoms with Crippen LogP contribution in [0.3, 0.4) is 0 Å². The van der Waals surface area contributed by atoms with Crippen LogP contribution in [0.2, 0.25) is 0 Å². The van der Waals surface area contributed by atoms with E-state index in [0.29, 0.717) is 11.6 Å². The van der Waals surface area contributed by atoms with Gasteiger partial charge in [0.25, 0.3) is 5.91 Å². The summed E-state index contributed by atoms with van der Waals surface area (Å²) in [5.74, 6) is 0.193. The van der Waals surface area contributed by atoms with E-state index in [9.17, 15) is 9.90 Å². The Hall–Kier alpha value is -0.820. The fourth-order valence-corrected chi connectivity index (χ4v) is 2.75.